The number of nitrogens with two attached hydrogens (primary N) is 1. The molecule has 0 aliphatic heterocycles. The lowest BCUT2D eigenvalue weighted by Gasteiger charge is -2.13. The molecule has 2 N–H and O–H groups in total. The zero-order valence-corrected chi connectivity index (χ0v) is 9.86. The van der Waals surface area contributed by atoms with Gasteiger partial charge in [-0.25, -0.2) is 0 Å². The Morgan fingerprint density at radius 2 is 2.07 bits per heavy atom. The van der Waals surface area contributed by atoms with Crippen LogP contribution < -0.4 is 10.5 Å². The zero-order chi connectivity index (χ0) is 11.3. The smallest absolute Gasteiger partial charge is 0.119 e. The fourth-order valence-corrected chi connectivity index (χ4v) is 1.43. The Balaban J connectivity index is 2.65. The predicted molar refractivity (Wildman–Crippen MR) is 64.2 cm³/mol. The van der Waals surface area contributed by atoms with Gasteiger partial charge in [-0.3, -0.25) is 0 Å². The van der Waals surface area contributed by atoms with Crippen LogP contribution in [-0.4, -0.2) is 12.1 Å². The van der Waals surface area contributed by atoms with Crippen LogP contribution in [0.2, 0.25) is 0 Å². The topological polar surface area (TPSA) is 35.2 Å². The minimum absolute atomic E-state index is 0.198. The van der Waals surface area contributed by atoms with Gasteiger partial charge in [-0.05, 0) is 44.4 Å². The molecule has 1 aromatic rings. The van der Waals surface area contributed by atoms with E-state index in [4.69, 9.17) is 10.5 Å². The van der Waals surface area contributed by atoms with Gasteiger partial charge in [-0.2, -0.15) is 0 Å². The molecular weight excluding hydrogens is 186 g/mol. The molecule has 15 heavy (non-hydrogen) atoms. The van der Waals surface area contributed by atoms with Crippen molar-refractivity contribution in [1.29, 1.82) is 0 Å². The standard InChI is InChI=1S/C13H21NO/c1-4-11(3)15-13-7-5-6-12(9-13)8-10(2)14/h5-7,9-11H,4,8,14H2,1-3H3/t10-,11?/m1/s1. The molecule has 84 valence electrons. The maximum absolute atomic E-state index is 5.76. The molecule has 1 rings (SSSR count). The summed E-state index contributed by atoms with van der Waals surface area (Å²) in [6.45, 7) is 6.22. The summed E-state index contributed by atoms with van der Waals surface area (Å²) in [5.41, 5.74) is 7.00. The molecule has 1 unspecified atom stereocenters. The van der Waals surface area contributed by atoms with E-state index in [1.54, 1.807) is 0 Å². The second-order valence-electron chi connectivity index (χ2n) is 4.17. The molecule has 2 nitrogen and oxygen atoms in total. The Labute approximate surface area is 92.4 Å². The highest BCUT2D eigenvalue weighted by molar-refractivity contribution is 5.29. The molecule has 0 radical (unpaired) electrons. The summed E-state index contributed by atoms with van der Waals surface area (Å²) in [5.74, 6) is 0.947. The first-order chi connectivity index (χ1) is 7.11. The van der Waals surface area contributed by atoms with Gasteiger partial charge in [0.1, 0.15) is 5.75 Å². The maximum Gasteiger partial charge on any atom is 0.119 e. The van der Waals surface area contributed by atoms with E-state index in [2.05, 4.69) is 26.0 Å². The highest BCUT2D eigenvalue weighted by Crippen LogP contribution is 2.16. The second kappa shape index (κ2) is 5.76. The number of hydrogen-bond donors (Lipinski definition) is 1. The Morgan fingerprint density at radius 1 is 1.33 bits per heavy atom. The summed E-state index contributed by atoms with van der Waals surface area (Å²) in [7, 11) is 0. The SMILES string of the molecule is CCC(C)Oc1cccc(C[C@@H](C)N)c1. The van der Waals surface area contributed by atoms with Gasteiger partial charge in [0.2, 0.25) is 0 Å². The molecule has 2 atom stereocenters. The highest BCUT2D eigenvalue weighted by atomic mass is 16.5. The van der Waals surface area contributed by atoms with Crippen LogP contribution in [0.25, 0.3) is 0 Å². The molecule has 0 saturated carbocycles. The summed E-state index contributed by atoms with van der Waals surface area (Å²) in [5, 5.41) is 0. The average Bonchev–Trinajstić information content (AvgIpc) is 2.17. The summed E-state index contributed by atoms with van der Waals surface area (Å²) >= 11 is 0. The number of benzene rings is 1. The molecule has 0 bridgehead atoms. The van der Waals surface area contributed by atoms with Crippen molar-refractivity contribution in [1.82, 2.24) is 0 Å². The fourth-order valence-electron chi connectivity index (χ4n) is 1.43. The van der Waals surface area contributed by atoms with Gasteiger partial charge in [0, 0.05) is 6.04 Å². The van der Waals surface area contributed by atoms with E-state index in [-0.39, 0.29) is 12.1 Å². The van der Waals surface area contributed by atoms with Crippen LogP contribution in [-0.2, 0) is 6.42 Å². The van der Waals surface area contributed by atoms with Crippen LogP contribution >= 0.6 is 0 Å². The molecule has 2 heteroatoms. The van der Waals surface area contributed by atoms with Crippen molar-refractivity contribution in [3.8, 4) is 5.75 Å². The van der Waals surface area contributed by atoms with Crippen molar-refractivity contribution in [2.24, 2.45) is 5.73 Å². The van der Waals surface area contributed by atoms with Crippen molar-refractivity contribution in [3.63, 3.8) is 0 Å². The third-order valence-electron chi connectivity index (χ3n) is 2.37. The minimum Gasteiger partial charge on any atom is -0.491 e. The van der Waals surface area contributed by atoms with Crippen LogP contribution in [0.1, 0.15) is 32.8 Å². The maximum atomic E-state index is 5.76. The molecular formula is C13H21NO. The normalized spacial score (nSPS) is 14.7. The van der Waals surface area contributed by atoms with Crippen molar-refractivity contribution in [2.45, 2.75) is 45.8 Å². The Bertz CT molecular complexity index is 296. The third kappa shape index (κ3) is 4.34. The van der Waals surface area contributed by atoms with E-state index in [0.717, 1.165) is 18.6 Å². The molecule has 0 aromatic heterocycles. The zero-order valence-electron chi connectivity index (χ0n) is 9.86. The summed E-state index contributed by atoms with van der Waals surface area (Å²) in [6, 6.07) is 8.39. The summed E-state index contributed by atoms with van der Waals surface area (Å²) in [4.78, 5) is 0. The minimum atomic E-state index is 0.198. The van der Waals surface area contributed by atoms with E-state index in [9.17, 15) is 0 Å². The molecule has 0 fully saturated rings. The third-order valence-corrected chi connectivity index (χ3v) is 2.37. The van der Waals surface area contributed by atoms with Crippen molar-refractivity contribution in [2.75, 3.05) is 0 Å². The molecule has 0 heterocycles. The molecule has 0 aliphatic rings. The largest absolute Gasteiger partial charge is 0.491 e. The van der Waals surface area contributed by atoms with Crippen molar-refractivity contribution < 1.29 is 4.74 Å². The first kappa shape index (κ1) is 12.1. The number of rotatable bonds is 5. The van der Waals surface area contributed by atoms with Crippen LogP contribution in [0.4, 0.5) is 0 Å². The summed E-state index contributed by atoms with van der Waals surface area (Å²) in [6.07, 6.45) is 2.20. The Morgan fingerprint density at radius 3 is 2.67 bits per heavy atom. The van der Waals surface area contributed by atoms with Gasteiger partial charge in [-0.15, -0.1) is 0 Å². The van der Waals surface area contributed by atoms with Crippen LogP contribution in [0.5, 0.6) is 5.75 Å². The van der Waals surface area contributed by atoms with Gasteiger partial charge < -0.3 is 10.5 Å². The second-order valence-corrected chi connectivity index (χ2v) is 4.17. The van der Waals surface area contributed by atoms with Crippen molar-refractivity contribution >= 4 is 0 Å². The van der Waals surface area contributed by atoms with E-state index in [1.165, 1.54) is 5.56 Å². The lowest BCUT2D eigenvalue weighted by atomic mass is 10.1. The fraction of sp³-hybridized carbons (Fsp3) is 0.538. The molecule has 0 amide bonds. The number of hydrogen-bond acceptors (Lipinski definition) is 2. The first-order valence-electron chi connectivity index (χ1n) is 5.63. The summed E-state index contributed by atoms with van der Waals surface area (Å²) < 4.78 is 5.74. The molecule has 0 spiro atoms. The Hall–Kier alpha value is -1.02. The first-order valence-corrected chi connectivity index (χ1v) is 5.63. The monoisotopic (exact) mass is 207 g/mol. The number of ether oxygens (including phenoxy) is 1. The quantitative estimate of drug-likeness (QED) is 0.805. The van der Waals surface area contributed by atoms with Gasteiger partial charge >= 0.3 is 0 Å². The van der Waals surface area contributed by atoms with Gasteiger partial charge in [0.25, 0.3) is 0 Å². The van der Waals surface area contributed by atoms with E-state index in [1.807, 2.05) is 19.1 Å². The van der Waals surface area contributed by atoms with Crippen molar-refractivity contribution in [3.05, 3.63) is 29.8 Å². The molecule has 0 saturated heterocycles. The van der Waals surface area contributed by atoms with Gasteiger partial charge in [-0.1, -0.05) is 19.1 Å². The lowest BCUT2D eigenvalue weighted by molar-refractivity contribution is 0.217. The van der Waals surface area contributed by atoms with Crippen LogP contribution in [0.3, 0.4) is 0 Å². The highest BCUT2D eigenvalue weighted by Gasteiger charge is 2.03. The van der Waals surface area contributed by atoms with E-state index >= 15 is 0 Å². The van der Waals surface area contributed by atoms with E-state index < -0.39 is 0 Å². The molecule has 0 aliphatic carbocycles. The van der Waals surface area contributed by atoms with Crippen LogP contribution in [0.15, 0.2) is 24.3 Å². The average molecular weight is 207 g/mol. The van der Waals surface area contributed by atoms with Gasteiger partial charge in [0.15, 0.2) is 0 Å². The lowest BCUT2D eigenvalue weighted by Crippen LogP contribution is -2.17. The molecule has 1 aromatic carbocycles. The Kier molecular flexibility index (Phi) is 4.63. The van der Waals surface area contributed by atoms with Gasteiger partial charge in [0.05, 0.1) is 6.10 Å². The van der Waals surface area contributed by atoms with Crippen LogP contribution in [0, 0.1) is 0 Å². The predicted octanol–water partition coefficient (Wildman–Crippen LogP) is 2.75. The van der Waals surface area contributed by atoms with E-state index in [0.29, 0.717) is 0 Å².